The Labute approximate surface area is 165 Å². The van der Waals surface area contributed by atoms with Gasteiger partial charge in [0.2, 0.25) is 17.8 Å². The van der Waals surface area contributed by atoms with Crippen LogP contribution in [0, 0.1) is 38.4 Å². The monoisotopic (exact) mass is 439 g/mol. The molecule has 1 heterocycles. The number of benzene rings is 1. The first-order valence-corrected chi connectivity index (χ1v) is 8.36. The van der Waals surface area contributed by atoms with Gasteiger partial charge in [0.15, 0.2) is 11.6 Å². The van der Waals surface area contributed by atoms with Gasteiger partial charge < -0.3 is 9.80 Å². The number of amidine groups is 2. The van der Waals surface area contributed by atoms with Gasteiger partial charge in [0, 0.05) is 30.5 Å². The highest BCUT2D eigenvalue weighted by Crippen LogP contribution is 2.21. The van der Waals surface area contributed by atoms with Gasteiger partial charge in [-0.05, 0) is 11.6 Å². The van der Waals surface area contributed by atoms with E-state index >= 15 is 0 Å². The smallest absolute Gasteiger partial charge is 0.333 e. The summed E-state index contributed by atoms with van der Waals surface area (Å²) in [6.07, 6.45) is -6.50. The largest absolute Gasteiger partial charge is 0.449 e. The third-order valence-electron chi connectivity index (χ3n) is 4.40. The van der Waals surface area contributed by atoms with Crippen molar-refractivity contribution < 1.29 is 36.1 Å². The van der Waals surface area contributed by atoms with E-state index < -0.39 is 83.7 Å². The van der Waals surface area contributed by atoms with Crippen molar-refractivity contribution in [3.8, 4) is 0 Å². The quantitative estimate of drug-likeness (QED) is 0.183. The van der Waals surface area contributed by atoms with Crippen LogP contribution in [0.25, 0.3) is 0 Å². The fraction of sp³-hybridized carbons (Fsp3) is 0.438. The predicted octanol–water partition coefficient (Wildman–Crippen LogP) is 2.34. The highest BCUT2D eigenvalue weighted by Gasteiger charge is 2.42. The Morgan fingerprint density at radius 1 is 1.17 bits per heavy atom. The van der Waals surface area contributed by atoms with Crippen LogP contribution in [0.15, 0.2) is 12.1 Å². The van der Waals surface area contributed by atoms with Crippen molar-refractivity contribution >= 4 is 17.6 Å². The summed E-state index contributed by atoms with van der Waals surface area (Å²) in [6, 6.07) is -1.04. The number of alkyl halides is 3. The molecule has 1 saturated heterocycles. The maximum absolute atomic E-state index is 13.7. The summed E-state index contributed by atoms with van der Waals surface area (Å²) in [6.45, 7) is -1.45. The number of hydrogen-bond donors (Lipinski definition) is 2. The molecular weight excluding hydrogens is 424 g/mol. The lowest BCUT2D eigenvalue weighted by Gasteiger charge is -2.36. The summed E-state index contributed by atoms with van der Waals surface area (Å²) >= 11 is 0. The van der Waals surface area contributed by atoms with Crippen LogP contribution in [0.4, 0.5) is 26.3 Å². The molecule has 1 aliphatic rings. The van der Waals surface area contributed by atoms with E-state index in [2.05, 4.69) is 0 Å². The Balaban J connectivity index is 2.06. The highest BCUT2D eigenvalue weighted by molar-refractivity contribution is 6.02. The molecule has 8 nitrogen and oxygen atoms in total. The van der Waals surface area contributed by atoms with Crippen LogP contribution in [0.3, 0.4) is 0 Å². The molecule has 164 valence electrons. The molecule has 1 amide bonds. The second-order valence-corrected chi connectivity index (χ2v) is 6.47. The summed E-state index contributed by atoms with van der Waals surface area (Å²) < 4.78 is 77.9. The van der Waals surface area contributed by atoms with Gasteiger partial charge in [-0.15, -0.1) is 0 Å². The molecule has 1 aliphatic heterocycles. The van der Waals surface area contributed by atoms with Gasteiger partial charge in [-0.1, -0.05) is 0 Å². The van der Waals surface area contributed by atoms with E-state index in [9.17, 15) is 41.3 Å². The molecule has 14 heteroatoms. The van der Waals surface area contributed by atoms with Crippen LogP contribution >= 0.6 is 0 Å². The SMILES string of the molecule is N=C1CN(C(=O)C[C@H](Cc2cc(F)c(F)cc2F)[N+](=O)[O-])CCN1C(=N)C(F)(F)F. The number of hydrogen-bond acceptors (Lipinski definition) is 5. The summed E-state index contributed by atoms with van der Waals surface area (Å²) in [5.74, 6) is -7.48. The van der Waals surface area contributed by atoms with Crippen molar-refractivity contribution in [1.29, 1.82) is 10.8 Å². The fourth-order valence-corrected chi connectivity index (χ4v) is 2.84. The van der Waals surface area contributed by atoms with E-state index in [0.717, 1.165) is 4.90 Å². The maximum Gasteiger partial charge on any atom is 0.449 e. The van der Waals surface area contributed by atoms with E-state index in [1.54, 1.807) is 0 Å². The first-order chi connectivity index (χ1) is 13.8. The van der Waals surface area contributed by atoms with E-state index in [0.29, 0.717) is 11.0 Å². The van der Waals surface area contributed by atoms with Crippen LogP contribution in [0.2, 0.25) is 0 Å². The molecule has 0 aliphatic carbocycles. The molecule has 1 fully saturated rings. The number of carbonyl (C=O) groups excluding carboxylic acids is 1. The van der Waals surface area contributed by atoms with Crippen molar-refractivity contribution in [3.05, 3.63) is 45.3 Å². The zero-order chi connectivity index (χ0) is 22.8. The molecule has 2 rings (SSSR count). The topological polar surface area (TPSA) is 114 Å². The Hall–Kier alpha value is -3.19. The zero-order valence-electron chi connectivity index (χ0n) is 15.1. The predicted molar refractivity (Wildman–Crippen MR) is 90.2 cm³/mol. The lowest BCUT2D eigenvalue weighted by atomic mass is 10.0. The summed E-state index contributed by atoms with van der Waals surface area (Å²) in [4.78, 5) is 23.9. The van der Waals surface area contributed by atoms with Crippen molar-refractivity contribution in [2.24, 2.45) is 0 Å². The van der Waals surface area contributed by atoms with Crippen molar-refractivity contribution in [3.63, 3.8) is 0 Å². The summed E-state index contributed by atoms with van der Waals surface area (Å²) in [5, 5.41) is 25.9. The maximum atomic E-state index is 13.7. The number of carbonyl (C=O) groups is 1. The standard InChI is InChI=1S/C16H15F6N5O3/c17-10-6-12(19)11(18)4-8(10)3-9(27(29)30)5-14(28)25-1-2-26(13(23)7-25)15(24)16(20,21)22/h4,6,9,23-24H,1-3,5,7H2/t9-/m0/s1. The highest BCUT2D eigenvalue weighted by atomic mass is 19.4. The molecule has 0 unspecified atom stereocenters. The fourth-order valence-electron chi connectivity index (χ4n) is 2.84. The van der Waals surface area contributed by atoms with Crippen molar-refractivity contribution in [2.45, 2.75) is 25.1 Å². The van der Waals surface area contributed by atoms with Gasteiger partial charge in [0.05, 0.1) is 13.0 Å². The Kier molecular flexibility index (Phi) is 6.67. The van der Waals surface area contributed by atoms with Crippen LogP contribution in [0.5, 0.6) is 0 Å². The number of nitrogens with zero attached hydrogens (tertiary/aromatic N) is 3. The van der Waals surface area contributed by atoms with Crippen LogP contribution in [0.1, 0.15) is 12.0 Å². The molecule has 0 bridgehead atoms. The molecule has 0 spiro atoms. The van der Waals surface area contributed by atoms with Crippen LogP contribution < -0.4 is 0 Å². The van der Waals surface area contributed by atoms with E-state index in [4.69, 9.17) is 10.8 Å². The van der Waals surface area contributed by atoms with Gasteiger partial charge in [0.1, 0.15) is 11.7 Å². The van der Waals surface area contributed by atoms with E-state index in [-0.39, 0.29) is 12.6 Å². The number of halogens is 6. The molecule has 0 radical (unpaired) electrons. The van der Waals surface area contributed by atoms with E-state index in [1.807, 2.05) is 0 Å². The molecular formula is C16H15F6N5O3. The second kappa shape index (κ2) is 8.67. The minimum atomic E-state index is -4.98. The normalized spacial score (nSPS) is 15.9. The minimum Gasteiger partial charge on any atom is -0.333 e. The first kappa shape index (κ1) is 23.1. The van der Waals surface area contributed by atoms with E-state index in [1.165, 1.54) is 0 Å². The van der Waals surface area contributed by atoms with Gasteiger partial charge in [-0.2, -0.15) is 13.2 Å². The third-order valence-corrected chi connectivity index (χ3v) is 4.40. The van der Waals surface area contributed by atoms with Gasteiger partial charge in [-0.3, -0.25) is 25.7 Å². The number of piperazine rings is 1. The lowest BCUT2D eigenvalue weighted by molar-refractivity contribution is -0.521. The molecule has 0 aromatic heterocycles. The molecule has 1 aromatic carbocycles. The number of nitro groups is 1. The molecule has 0 saturated carbocycles. The first-order valence-electron chi connectivity index (χ1n) is 8.36. The minimum absolute atomic E-state index is 0.222. The molecule has 30 heavy (non-hydrogen) atoms. The molecule has 2 N–H and O–H groups in total. The lowest BCUT2D eigenvalue weighted by Crippen LogP contribution is -2.56. The molecule has 1 aromatic rings. The second-order valence-electron chi connectivity index (χ2n) is 6.47. The van der Waals surface area contributed by atoms with Crippen LogP contribution in [-0.4, -0.2) is 64.2 Å². The Morgan fingerprint density at radius 2 is 1.77 bits per heavy atom. The molecule has 1 atom stereocenters. The van der Waals surface area contributed by atoms with Crippen molar-refractivity contribution in [1.82, 2.24) is 9.80 Å². The van der Waals surface area contributed by atoms with Crippen molar-refractivity contribution in [2.75, 3.05) is 19.6 Å². The third kappa shape index (κ3) is 5.24. The number of amides is 1. The Morgan fingerprint density at radius 3 is 2.30 bits per heavy atom. The Bertz CT molecular complexity index is 891. The van der Waals surface area contributed by atoms with Gasteiger partial charge in [0.25, 0.3) is 0 Å². The number of rotatable bonds is 5. The van der Waals surface area contributed by atoms with Gasteiger partial charge in [-0.25, -0.2) is 13.2 Å². The average Bonchev–Trinajstić information content (AvgIpc) is 2.63. The van der Waals surface area contributed by atoms with Gasteiger partial charge >= 0.3 is 6.18 Å². The van der Waals surface area contributed by atoms with Crippen LogP contribution in [-0.2, 0) is 11.2 Å². The average molecular weight is 439 g/mol. The summed E-state index contributed by atoms with van der Waals surface area (Å²) in [5.41, 5.74) is -0.514. The summed E-state index contributed by atoms with van der Waals surface area (Å²) in [7, 11) is 0. The number of nitrogens with one attached hydrogen (secondary N) is 2. The zero-order valence-corrected chi connectivity index (χ0v) is 15.1.